The third-order valence-electron chi connectivity index (χ3n) is 7.03. The van der Waals surface area contributed by atoms with Crippen LogP contribution in [0.4, 0.5) is 5.13 Å². The first-order valence-corrected chi connectivity index (χ1v) is 13.1. The molecule has 7 nitrogen and oxygen atoms in total. The molecule has 1 saturated heterocycles. The molecule has 3 atom stereocenters. The number of carbonyl (C=O) groups is 3. The highest BCUT2D eigenvalue weighted by Gasteiger charge is 2.42. The van der Waals surface area contributed by atoms with Gasteiger partial charge in [0.15, 0.2) is 5.13 Å². The van der Waals surface area contributed by atoms with Crippen LogP contribution in [-0.2, 0) is 14.4 Å². The molecule has 1 aromatic carbocycles. The van der Waals surface area contributed by atoms with E-state index < -0.39 is 11.9 Å². The molecule has 2 aromatic rings. The number of carboxylic acid groups (broad SMARTS) is 1. The fourth-order valence-corrected chi connectivity index (χ4v) is 6.59. The Kier molecular flexibility index (Phi) is 7.88. The minimum Gasteiger partial charge on any atom is -0.481 e. The van der Waals surface area contributed by atoms with Crippen molar-refractivity contribution in [3.63, 3.8) is 0 Å². The molecule has 2 heterocycles. The highest BCUT2D eigenvalue weighted by Crippen LogP contribution is 2.42. The molecule has 1 aromatic heterocycles. The van der Waals surface area contributed by atoms with Crippen molar-refractivity contribution in [1.29, 1.82) is 0 Å². The zero-order valence-corrected chi connectivity index (χ0v) is 20.8. The third kappa shape index (κ3) is 5.61. The quantitative estimate of drug-likeness (QED) is 0.578. The van der Waals surface area contributed by atoms with Crippen LogP contribution in [0.5, 0.6) is 0 Å². The number of nitrogens with zero attached hydrogens (tertiary/aromatic N) is 2. The lowest BCUT2D eigenvalue weighted by atomic mass is 9.74. The number of nitrogens with one attached hydrogen (secondary N) is 1. The summed E-state index contributed by atoms with van der Waals surface area (Å²) >= 11 is 7.68. The molecule has 9 heteroatoms. The van der Waals surface area contributed by atoms with Crippen LogP contribution in [0.25, 0.3) is 11.3 Å². The zero-order chi connectivity index (χ0) is 24.2. The lowest BCUT2D eigenvalue weighted by molar-refractivity contribution is -0.142. The Hall–Kier alpha value is -2.45. The number of aromatic nitrogens is 1. The maximum Gasteiger partial charge on any atom is 0.304 e. The molecule has 1 saturated carbocycles. The molecular weight excluding hydrogens is 474 g/mol. The van der Waals surface area contributed by atoms with Crippen LogP contribution in [0.3, 0.4) is 0 Å². The number of hydrogen-bond donors (Lipinski definition) is 2. The molecule has 1 aliphatic carbocycles. The first-order valence-electron chi connectivity index (χ1n) is 11.8. The molecule has 0 radical (unpaired) electrons. The van der Waals surface area contributed by atoms with Crippen molar-refractivity contribution in [3.8, 4) is 11.3 Å². The number of amides is 2. The summed E-state index contributed by atoms with van der Waals surface area (Å²) in [5, 5.41) is 15.6. The highest BCUT2D eigenvalue weighted by molar-refractivity contribution is 7.14. The fourth-order valence-electron chi connectivity index (χ4n) is 5.51. The first kappa shape index (κ1) is 24.7. The number of halogens is 1. The van der Waals surface area contributed by atoms with Crippen molar-refractivity contribution in [1.82, 2.24) is 10.3 Å². The molecule has 4 rings (SSSR count). The van der Waals surface area contributed by atoms with E-state index in [-0.39, 0.29) is 36.7 Å². The SMILES string of the molecule is CC(=O)N[C@@H]1CCC(C2CCCC2)[C@H](CC(=O)O)C(=O)N(c2nc(-c3ccccc3Cl)cs2)C1. The van der Waals surface area contributed by atoms with Gasteiger partial charge in [0.1, 0.15) is 0 Å². The van der Waals surface area contributed by atoms with Crippen LogP contribution in [-0.4, -0.2) is 40.5 Å². The average molecular weight is 504 g/mol. The van der Waals surface area contributed by atoms with Gasteiger partial charge in [-0.05, 0) is 30.7 Å². The molecule has 182 valence electrons. The number of carbonyl (C=O) groups excluding carboxylic acids is 2. The number of hydrogen-bond acceptors (Lipinski definition) is 5. The summed E-state index contributed by atoms with van der Waals surface area (Å²) in [6.45, 7) is 1.74. The molecule has 0 bridgehead atoms. The number of carboxylic acids is 1. The predicted octanol–water partition coefficient (Wildman–Crippen LogP) is 4.99. The van der Waals surface area contributed by atoms with Crippen LogP contribution in [0.1, 0.15) is 51.9 Å². The smallest absolute Gasteiger partial charge is 0.304 e. The number of aliphatic carboxylic acids is 1. The molecule has 0 spiro atoms. The summed E-state index contributed by atoms with van der Waals surface area (Å²) in [7, 11) is 0. The summed E-state index contributed by atoms with van der Waals surface area (Å²) in [5.41, 5.74) is 1.44. The standard InChI is InChI=1S/C25H30ClN3O4S/c1-15(30)27-17-10-11-18(16-6-2-3-7-16)20(12-23(31)32)24(33)29(13-17)25-28-22(14-34-25)19-8-4-5-9-21(19)26/h4-5,8-9,14,16-18,20H,2-3,6-7,10-13H2,1H3,(H,27,30)(H,31,32)/t17-,18?,20+/m1/s1. The Morgan fingerprint density at radius 2 is 1.94 bits per heavy atom. The summed E-state index contributed by atoms with van der Waals surface area (Å²) in [6.07, 6.45) is 5.51. The van der Waals surface area contributed by atoms with Gasteiger partial charge >= 0.3 is 5.97 Å². The monoisotopic (exact) mass is 503 g/mol. The highest BCUT2D eigenvalue weighted by atomic mass is 35.5. The molecular formula is C25H30ClN3O4S. The van der Waals surface area contributed by atoms with Crippen molar-refractivity contribution in [2.45, 2.75) is 57.9 Å². The van der Waals surface area contributed by atoms with E-state index in [0.717, 1.165) is 37.7 Å². The summed E-state index contributed by atoms with van der Waals surface area (Å²) in [6, 6.07) is 7.17. The largest absolute Gasteiger partial charge is 0.481 e. The normalized spacial score (nSPS) is 24.0. The van der Waals surface area contributed by atoms with Crippen molar-refractivity contribution < 1.29 is 19.5 Å². The van der Waals surface area contributed by atoms with Crippen LogP contribution in [0.2, 0.25) is 5.02 Å². The second-order valence-corrected chi connectivity index (χ2v) is 10.6. The number of rotatable bonds is 6. The Morgan fingerprint density at radius 3 is 2.62 bits per heavy atom. The second-order valence-electron chi connectivity index (χ2n) is 9.33. The maximum atomic E-state index is 13.9. The Bertz CT molecular complexity index is 1050. The lowest BCUT2D eigenvalue weighted by Gasteiger charge is -2.38. The van der Waals surface area contributed by atoms with E-state index in [2.05, 4.69) is 5.32 Å². The van der Waals surface area contributed by atoms with Crippen molar-refractivity contribution in [2.24, 2.45) is 17.8 Å². The summed E-state index contributed by atoms with van der Waals surface area (Å²) in [5.74, 6) is -1.61. The summed E-state index contributed by atoms with van der Waals surface area (Å²) < 4.78 is 0. The van der Waals surface area contributed by atoms with Gasteiger partial charge in [0.2, 0.25) is 11.8 Å². The van der Waals surface area contributed by atoms with Gasteiger partial charge in [0.25, 0.3) is 0 Å². The molecule has 2 fully saturated rings. The van der Waals surface area contributed by atoms with E-state index in [1.807, 2.05) is 23.6 Å². The average Bonchev–Trinajstić information content (AvgIpc) is 3.47. The van der Waals surface area contributed by atoms with Crippen LogP contribution < -0.4 is 10.2 Å². The third-order valence-corrected chi connectivity index (χ3v) is 8.22. The number of anilines is 1. The Labute approximate surface area is 208 Å². The fraction of sp³-hybridized carbons (Fsp3) is 0.520. The number of thiazole rings is 1. The molecule has 34 heavy (non-hydrogen) atoms. The predicted molar refractivity (Wildman–Crippen MR) is 133 cm³/mol. The first-order chi connectivity index (χ1) is 16.3. The molecule has 2 amide bonds. The van der Waals surface area contributed by atoms with E-state index in [4.69, 9.17) is 16.6 Å². The van der Waals surface area contributed by atoms with Gasteiger partial charge in [-0.2, -0.15) is 0 Å². The second kappa shape index (κ2) is 10.9. The lowest BCUT2D eigenvalue weighted by Crippen LogP contribution is -2.51. The zero-order valence-electron chi connectivity index (χ0n) is 19.2. The minimum atomic E-state index is -0.962. The van der Waals surface area contributed by atoms with Gasteiger partial charge in [-0.15, -0.1) is 11.3 Å². The van der Waals surface area contributed by atoms with E-state index in [0.29, 0.717) is 28.2 Å². The van der Waals surface area contributed by atoms with Gasteiger partial charge in [0, 0.05) is 35.5 Å². The van der Waals surface area contributed by atoms with Crippen LogP contribution >= 0.6 is 22.9 Å². The van der Waals surface area contributed by atoms with E-state index in [9.17, 15) is 19.5 Å². The van der Waals surface area contributed by atoms with E-state index in [1.54, 1.807) is 11.0 Å². The summed E-state index contributed by atoms with van der Waals surface area (Å²) in [4.78, 5) is 43.9. The Balaban J connectivity index is 1.70. The van der Waals surface area contributed by atoms with E-state index in [1.165, 1.54) is 18.3 Å². The van der Waals surface area contributed by atoms with Gasteiger partial charge < -0.3 is 10.4 Å². The van der Waals surface area contributed by atoms with Gasteiger partial charge in [-0.1, -0.05) is 55.5 Å². The molecule has 2 N–H and O–H groups in total. The van der Waals surface area contributed by atoms with Crippen molar-refractivity contribution in [2.75, 3.05) is 11.4 Å². The minimum absolute atomic E-state index is 0.0202. The van der Waals surface area contributed by atoms with Crippen LogP contribution in [0, 0.1) is 17.8 Å². The van der Waals surface area contributed by atoms with Gasteiger partial charge in [-0.3, -0.25) is 19.3 Å². The van der Waals surface area contributed by atoms with E-state index >= 15 is 0 Å². The van der Waals surface area contributed by atoms with Crippen molar-refractivity contribution >= 4 is 45.9 Å². The maximum absolute atomic E-state index is 13.9. The topological polar surface area (TPSA) is 99.6 Å². The number of benzene rings is 1. The van der Waals surface area contributed by atoms with Gasteiger partial charge in [0.05, 0.1) is 18.0 Å². The Morgan fingerprint density at radius 1 is 1.21 bits per heavy atom. The van der Waals surface area contributed by atoms with Gasteiger partial charge in [-0.25, -0.2) is 4.98 Å². The molecule has 1 aliphatic heterocycles. The molecule has 2 aliphatic rings. The van der Waals surface area contributed by atoms with Crippen molar-refractivity contribution in [3.05, 3.63) is 34.7 Å². The molecule has 1 unspecified atom stereocenters. The van der Waals surface area contributed by atoms with Crippen LogP contribution in [0.15, 0.2) is 29.6 Å².